The Hall–Kier alpha value is -2.30. The Balaban J connectivity index is 2.66. The van der Waals surface area contributed by atoms with Crippen LogP contribution in [-0.4, -0.2) is 18.2 Å². The summed E-state index contributed by atoms with van der Waals surface area (Å²) in [4.78, 5) is 11.8. The predicted molar refractivity (Wildman–Crippen MR) is 71.9 cm³/mol. The number of anilines is 1. The third-order valence-electron chi connectivity index (χ3n) is 3.20. The van der Waals surface area contributed by atoms with E-state index >= 15 is 0 Å². The second-order valence-electron chi connectivity index (χ2n) is 4.51. The number of methoxy groups -OCH3 is 1. The maximum Gasteiger partial charge on any atom is 0.345 e. The first kappa shape index (κ1) is 13.1. The van der Waals surface area contributed by atoms with Crippen molar-refractivity contribution in [2.75, 3.05) is 12.8 Å². The smallest absolute Gasteiger partial charge is 0.345 e. The van der Waals surface area contributed by atoms with E-state index < -0.39 is 5.97 Å². The van der Waals surface area contributed by atoms with Crippen molar-refractivity contribution in [2.45, 2.75) is 20.8 Å². The topological polar surface area (TPSA) is 78.3 Å². The van der Waals surface area contributed by atoms with E-state index in [0.717, 1.165) is 16.7 Å². The van der Waals surface area contributed by atoms with Crippen LogP contribution in [0.15, 0.2) is 16.7 Å². The lowest BCUT2D eigenvalue weighted by molar-refractivity contribution is 0.0602. The molecule has 1 aromatic carbocycles. The van der Waals surface area contributed by atoms with Gasteiger partial charge in [-0.05, 0) is 43.5 Å². The van der Waals surface area contributed by atoms with Crippen LogP contribution in [0.1, 0.15) is 27.0 Å². The molecule has 0 fully saturated rings. The molecule has 0 aliphatic carbocycles. The molecule has 0 aliphatic heterocycles. The third-order valence-corrected chi connectivity index (χ3v) is 3.20. The van der Waals surface area contributed by atoms with Crippen molar-refractivity contribution in [3.8, 4) is 11.3 Å². The van der Waals surface area contributed by atoms with E-state index in [1.165, 1.54) is 12.7 Å². The van der Waals surface area contributed by atoms with Gasteiger partial charge in [-0.15, -0.1) is 0 Å². The van der Waals surface area contributed by atoms with Gasteiger partial charge in [0.05, 0.1) is 7.11 Å². The van der Waals surface area contributed by atoms with Crippen LogP contribution in [0.3, 0.4) is 0 Å². The second kappa shape index (κ2) is 4.76. The summed E-state index contributed by atoms with van der Waals surface area (Å²) in [5, 5.41) is 3.89. The van der Waals surface area contributed by atoms with Crippen LogP contribution in [0.25, 0.3) is 11.3 Å². The highest BCUT2D eigenvalue weighted by molar-refractivity contribution is 6.00. The normalized spacial score (nSPS) is 10.5. The number of esters is 1. The van der Waals surface area contributed by atoms with E-state index in [2.05, 4.69) is 5.16 Å². The molecule has 0 spiro atoms. The van der Waals surface area contributed by atoms with Crippen molar-refractivity contribution in [1.82, 2.24) is 5.16 Å². The predicted octanol–water partition coefficient (Wildman–Crippen LogP) is 2.64. The summed E-state index contributed by atoms with van der Waals surface area (Å²) in [7, 11) is 1.30. The highest BCUT2D eigenvalue weighted by Crippen LogP contribution is 2.31. The molecule has 0 saturated heterocycles. The van der Waals surface area contributed by atoms with Gasteiger partial charge in [0, 0.05) is 5.56 Å². The molecule has 2 aromatic rings. The Morgan fingerprint density at radius 2 is 1.84 bits per heavy atom. The first-order chi connectivity index (χ1) is 8.95. The van der Waals surface area contributed by atoms with Gasteiger partial charge in [-0.1, -0.05) is 11.2 Å². The number of rotatable bonds is 2. The van der Waals surface area contributed by atoms with Gasteiger partial charge in [-0.2, -0.15) is 0 Å². The third kappa shape index (κ3) is 2.19. The lowest BCUT2D eigenvalue weighted by Crippen LogP contribution is -2.05. The van der Waals surface area contributed by atoms with Crippen LogP contribution >= 0.6 is 0 Å². The molecule has 5 nitrogen and oxygen atoms in total. The average molecular weight is 260 g/mol. The standard InChI is InChI=1S/C14H16N2O3/c1-7-5-9(3)10(6-8(7)2)12-11(14(17)18-4)13(15)19-16-12/h5-6H,15H2,1-4H3. The molecular formula is C14H16N2O3. The van der Waals surface area contributed by atoms with Crippen molar-refractivity contribution in [1.29, 1.82) is 0 Å². The molecule has 0 amide bonds. The van der Waals surface area contributed by atoms with Gasteiger partial charge in [-0.3, -0.25) is 0 Å². The van der Waals surface area contributed by atoms with Gasteiger partial charge in [0.1, 0.15) is 5.69 Å². The van der Waals surface area contributed by atoms with E-state index in [1.807, 2.05) is 32.9 Å². The van der Waals surface area contributed by atoms with Gasteiger partial charge in [0.25, 0.3) is 0 Å². The number of benzene rings is 1. The van der Waals surface area contributed by atoms with Crippen LogP contribution in [0.2, 0.25) is 0 Å². The molecule has 2 N–H and O–H groups in total. The quantitative estimate of drug-likeness (QED) is 0.840. The highest BCUT2D eigenvalue weighted by atomic mass is 16.5. The van der Waals surface area contributed by atoms with Gasteiger partial charge in [0.2, 0.25) is 5.88 Å². The summed E-state index contributed by atoms with van der Waals surface area (Å²) in [5.41, 5.74) is 10.4. The fourth-order valence-corrected chi connectivity index (χ4v) is 2.00. The minimum Gasteiger partial charge on any atom is -0.465 e. The number of nitrogens with zero attached hydrogens (tertiary/aromatic N) is 1. The summed E-state index contributed by atoms with van der Waals surface area (Å²) >= 11 is 0. The number of carbonyl (C=O) groups is 1. The summed E-state index contributed by atoms with van der Waals surface area (Å²) in [6, 6.07) is 4.00. The molecule has 1 aromatic heterocycles. The summed E-state index contributed by atoms with van der Waals surface area (Å²) in [6.45, 7) is 5.98. The molecule has 0 saturated carbocycles. The van der Waals surface area contributed by atoms with Crippen molar-refractivity contribution >= 4 is 11.9 Å². The minimum atomic E-state index is -0.550. The first-order valence-corrected chi connectivity index (χ1v) is 5.87. The van der Waals surface area contributed by atoms with Crippen LogP contribution in [0, 0.1) is 20.8 Å². The van der Waals surface area contributed by atoms with Crippen LogP contribution in [-0.2, 0) is 4.74 Å². The number of carbonyl (C=O) groups excluding carboxylic acids is 1. The number of nitrogen functional groups attached to an aromatic ring is 1. The summed E-state index contributed by atoms with van der Waals surface area (Å²) < 4.78 is 9.64. The minimum absolute atomic E-state index is 0.0283. The molecule has 0 unspecified atom stereocenters. The molecule has 5 heteroatoms. The Bertz CT molecular complexity index is 644. The van der Waals surface area contributed by atoms with Crippen molar-refractivity contribution in [3.05, 3.63) is 34.4 Å². The van der Waals surface area contributed by atoms with Crippen LogP contribution in [0.4, 0.5) is 5.88 Å². The van der Waals surface area contributed by atoms with E-state index in [1.54, 1.807) is 0 Å². The van der Waals surface area contributed by atoms with Crippen LogP contribution < -0.4 is 5.73 Å². The van der Waals surface area contributed by atoms with Crippen molar-refractivity contribution in [2.24, 2.45) is 0 Å². The zero-order valence-corrected chi connectivity index (χ0v) is 11.4. The first-order valence-electron chi connectivity index (χ1n) is 5.87. The zero-order chi connectivity index (χ0) is 14.2. The summed E-state index contributed by atoms with van der Waals surface area (Å²) in [5.74, 6) is -0.578. The molecule has 0 radical (unpaired) electrons. The second-order valence-corrected chi connectivity index (χ2v) is 4.51. The molecule has 100 valence electrons. The molecule has 2 rings (SSSR count). The van der Waals surface area contributed by atoms with Gasteiger partial charge in [-0.25, -0.2) is 4.79 Å². The lowest BCUT2D eigenvalue weighted by Gasteiger charge is -2.08. The number of aromatic nitrogens is 1. The van der Waals surface area contributed by atoms with Gasteiger partial charge >= 0.3 is 5.97 Å². The number of nitrogens with two attached hydrogens (primary N) is 1. The van der Waals surface area contributed by atoms with Gasteiger partial charge in [0.15, 0.2) is 5.56 Å². The number of hydrogen-bond acceptors (Lipinski definition) is 5. The average Bonchev–Trinajstić information content (AvgIpc) is 2.74. The number of ether oxygens (including phenoxy) is 1. The number of hydrogen-bond donors (Lipinski definition) is 1. The Kier molecular flexibility index (Phi) is 3.29. The Morgan fingerprint density at radius 3 is 2.47 bits per heavy atom. The van der Waals surface area contributed by atoms with Crippen molar-refractivity contribution < 1.29 is 14.1 Å². The Labute approximate surface area is 111 Å². The lowest BCUT2D eigenvalue weighted by atomic mass is 9.97. The van der Waals surface area contributed by atoms with Crippen molar-refractivity contribution in [3.63, 3.8) is 0 Å². The maximum atomic E-state index is 11.8. The largest absolute Gasteiger partial charge is 0.465 e. The molecule has 19 heavy (non-hydrogen) atoms. The highest BCUT2D eigenvalue weighted by Gasteiger charge is 2.24. The maximum absolute atomic E-state index is 11.8. The van der Waals surface area contributed by atoms with E-state index in [9.17, 15) is 4.79 Å². The van der Waals surface area contributed by atoms with E-state index in [0.29, 0.717) is 5.69 Å². The SMILES string of the molecule is COC(=O)c1c(-c2cc(C)c(C)cc2C)noc1N. The summed E-state index contributed by atoms with van der Waals surface area (Å²) in [6.07, 6.45) is 0. The monoisotopic (exact) mass is 260 g/mol. The fraction of sp³-hybridized carbons (Fsp3) is 0.286. The molecule has 0 bridgehead atoms. The van der Waals surface area contributed by atoms with E-state index in [4.69, 9.17) is 15.0 Å². The number of aryl methyl sites for hydroxylation is 3. The Morgan fingerprint density at radius 1 is 1.21 bits per heavy atom. The molecule has 0 aliphatic rings. The van der Waals surface area contributed by atoms with Gasteiger partial charge < -0.3 is 15.0 Å². The molecule has 1 heterocycles. The fourth-order valence-electron chi connectivity index (χ4n) is 2.00. The van der Waals surface area contributed by atoms with E-state index in [-0.39, 0.29) is 11.4 Å². The molecular weight excluding hydrogens is 244 g/mol. The zero-order valence-electron chi connectivity index (χ0n) is 11.4. The molecule has 0 atom stereocenters. The van der Waals surface area contributed by atoms with Crippen LogP contribution in [0.5, 0.6) is 0 Å².